The predicted molar refractivity (Wildman–Crippen MR) is 71.1 cm³/mol. The average molecular weight is 270 g/mol. The molecular formula is C13H13ClFNS. The van der Waals surface area contributed by atoms with E-state index in [4.69, 9.17) is 17.3 Å². The van der Waals surface area contributed by atoms with Gasteiger partial charge in [-0.05, 0) is 36.2 Å². The monoisotopic (exact) mass is 269 g/mol. The Hall–Kier alpha value is -0.900. The van der Waals surface area contributed by atoms with Crippen LogP contribution in [-0.2, 0) is 6.42 Å². The first-order valence-corrected chi connectivity index (χ1v) is 6.51. The minimum atomic E-state index is -0.194. The van der Waals surface area contributed by atoms with Crippen LogP contribution in [0, 0.1) is 12.7 Å². The summed E-state index contributed by atoms with van der Waals surface area (Å²) >= 11 is 7.39. The molecule has 0 radical (unpaired) electrons. The number of nitrogens with two attached hydrogens (primary N) is 1. The van der Waals surface area contributed by atoms with E-state index in [2.05, 4.69) is 0 Å². The van der Waals surface area contributed by atoms with Crippen LogP contribution in [0.1, 0.15) is 22.0 Å². The van der Waals surface area contributed by atoms with Crippen LogP contribution in [-0.4, -0.2) is 0 Å². The first-order valence-electron chi connectivity index (χ1n) is 5.32. The van der Waals surface area contributed by atoms with Gasteiger partial charge < -0.3 is 5.73 Å². The molecular weight excluding hydrogens is 257 g/mol. The zero-order valence-electron chi connectivity index (χ0n) is 9.41. The van der Waals surface area contributed by atoms with Gasteiger partial charge in [0.25, 0.3) is 0 Å². The number of halogens is 2. The standard InChI is InChI=1S/C13H13ClFNS/c1-8-6-9(2-4-11(8)15)12(16)7-10-3-5-13(14)17-10/h2-6,12H,7,16H2,1H3. The Balaban J connectivity index is 2.14. The van der Waals surface area contributed by atoms with E-state index < -0.39 is 0 Å². The van der Waals surface area contributed by atoms with Gasteiger partial charge in [0, 0.05) is 17.3 Å². The lowest BCUT2D eigenvalue weighted by atomic mass is 10.0. The maximum Gasteiger partial charge on any atom is 0.126 e. The van der Waals surface area contributed by atoms with E-state index in [1.165, 1.54) is 17.4 Å². The van der Waals surface area contributed by atoms with Crippen molar-refractivity contribution in [3.8, 4) is 0 Å². The molecule has 4 heteroatoms. The minimum Gasteiger partial charge on any atom is -0.324 e. The average Bonchev–Trinajstić information content (AvgIpc) is 2.68. The van der Waals surface area contributed by atoms with Crippen LogP contribution in [0.15, 0.2) is 30.3 Å². The number of thiophene rings is 1. The van der Waals surface area contributed by atoms with E-state index in [1.54, 1.807) is 19.1 Å². The lowest BCUT2D eigenvalue weighted by Crippen LogP contribution is -2.13. The molecule has 0 saturated carbocycles. The Kier molecular flexibility index (Phi) is 3.82. The molecule has 17 heavy (non-hydrogen) atoms. The van der Waals surface area contributed by atoms with Crippen LogP contribution in [0.5, 0.6) is 0 Å². The predicted octanol–water partition coefficient (Wildman–Crippen LogP) is 4.09. The highest BCUT2D eigenvalue weighted by Crippen LogP contribution is 2.26. The molecule has 0 aliphatic rings. The maximum absolute atomic E-state index is 13.1. The molecule has 0 bridgehead atoms. The van der Waals surface area contributed by atoms with Gasteiger partial charge in [0.1, 0.15) is 5.82 Å². The normalized spacial score (nSPS) is 12.7. The Morgan fingerprint density at radius 2 is 2.12 bits per heavy atom. The van der Waals surface area contributed by atoms with Gasteiger partial charge in [-0.3, -0.25) is 0 Å². The summed E-state index contributed by atoms with van der Waals surface area (Å²) < 4.78 is 13.9. The quantitative estimate of drug-likeness (QED) is 0.892. The summed E-state index contributed by atoms with van der Waals surface area (Å²) in [6.07, 6.45) is 0.725. The molecule has 0 saturated heterocycles. The second-order valence-electron chi connectivity index (χ2n) is 4.03. The summed E-state index contributed by atoms with van der Waals surface area (Å²) in [5.41, 5.74) is 7.68. The van der Waals surface area contributed by atoms with Gasteiger partial charge in [-0.2, -0.15) is 0 Å². The lowest BCUT2D eigenvalue weighted by molar-refractivity contribution is 0.615. The maximum atomic E-state index is 13.1. The third kappa shape index (κ3) is 3.06. The van der Waals surface area contributed by atoms with Crippen molar-refractivity contribution in [2.45, 2.75) is 19.4 Å². The summed E-state index contributed by atoms with van der Waals surface area (Å²) in [5.74, 6) is -0.194. The molecule has 2 aromatic rings. The fourth-order valence-electron chi connectivity index (χ4n) is 1.69. The molecule has 0 amide bonds. The highest BCUT2D eigenvalue weighted by atomic mass is 35.5. The largest absolute Gasteiger partial charge is 0.324 e. The van der Waals surface area contributed by atoms with Gasteiger partial charge in [0.15, 0.2) is 0 Å². The highest BCUT2D eigenvalue weighted by Gasteiger charge is 2.10. The Labute approximate surface area is 109 Å². The van der Waals surface area contributed by atoms with E-state index in [-0.39, 0.29) is 11.9 Å². The summed E-state index contributed by atoms with van der Waals surface area (Å²) in [5, 5.41) is 0. The molecule has 1 aromatic heterocycles. The summed E-state index contributed by atoms with van der Waals surface area (Å²) in [6.45, 7) is 1.74. The summed E-state index contributed by atoms with van der Waals surface area (Å²) in [6, 6.07) is 8.72. The van der Waals surface area contributed by atoms with Crippen molar-refractivity contribution in [3.05, 3.63) is 56.5 Å². The molecule has 2 rings (SSSR count). The molecule has 90 valence electrons. The van der Waals surface area contributed by atoms with Gasteiger partial charge in [0.2, 0.25) is 0 Å². The molecule has 1 nitrogen and oxygen atoms in total. The number of rotatable bonds is 3. The van der Waals surface area contributed by atoms with E-state index in [0.717, 1.165) is 21.2 Å². The van der Waals surface area contributed by atoms with Crippen LogP contribution >= 0.6 is 22.9 Å². The van der Waals surface area contributed by atoms with Crippen LogP contribution < -0.4 is 5.73 Å². The first-order chi connectivity index (χ1) is 8.06. The minimum absolute atomic E-state index is 0.121. The topological polar surface area (TPSA) is 26.0 Å². The third-order valence-electron chi connectivity index (χ3n) is 2.66. The molecule has 0 aliphatic heterocycles. The Morgan fingerprint density at radius 3 is 2.71 bits per heavy atom. The van der Waals surface area contributed by atoms with E-state index in [1.807, 2.05) is 12.1 Å². The van der Waals surface area contributed by atoms with Crippen LogP contribution in [0.25, 0.3) is 0 Å². The van der Waals surface area contributed by atoms with Crippen LogP contribution in [0.2, 0.25) is 4.34 Å². The highest BCUT2D eigenvalue weighted by molar-refractivity contribution is 7.16. The SMILES string of the molecule is Cc1cc(C(N)Cc2ccc(Cl)s2)ccc1F. The van der Waals surface area contributed by atoms with Crippen molar-refractivity contribution < 1.29 is 4.39 Å². The first kappa shape index (κ1) is 12.6. The second-order valence-corrected chi connectivity index (χ2v) is 5.82. The van der Waals surface area contributed by atoms with Crippen molar-refractivity contribution in [1.82, 2.24) is 0 Å². The lowest BCUT2D eigenvalue weighted by Gasteiger charge is -2.11. The van der Waals surface area contributed by atoms with E-state index in [0.29, 0.717) is 5.56 Å². The van der Waals surface area contributed by atoms with E-state index in [9.17, 15) is 4.39 Å². The van der Waals surface area contributed by atoms with Crippen molar-refractivity contribution in [3.63, 3.8) is 0 Å². The van der Waals surface area contributed by atoms with Gasteiger partial charge in [0.05, 0.1) is 4.34 Å². The van der Waals surface area contributed by atoms with Gasteiger partial charge in [-0.1, -0.05) is 23.7 Å². The molecule has 1 aromatic carbocycles. The second kappa shape index (κ2) is 5.17. The number of hydrogen-bond donors (Lipinski definition) is 1. The van der Waals surface area contributed by atoms with E-state index >= 15 is 0 Å². The van der Waals surface area contributed by atoms with Crippen LogP contribution in [0.4, 0.5) is 4.39 Å². The Bertz CT molecular complexity index is 524. The smallest absolute Gasteiger partial charge is 0.126 e. The fourth-order valence-corrected chi connectivity index (χ4v) is 2.84. The number of aryl methyl sites for hydroxylation is 1. The van der Waals surface area contributed by atoms with Crippen molar-refractivity contribution >= 4 is 22.9 Å². The molecule has 0 aliphatic carbocycles. The Morgan fingerprint density at radius 1 is 1.35 bits per heavy atom. The number of benzene rings is 1. The molecule has 1 heterocycles. The molecule has 0 fully saturated rings. The summed E-state index contributed by atoms with van der Waals surface area (Å²) in [7, 11) is 0. The summed E-state index contributed by atoms with van der Waals surface area (Å²) in [4.78, 5) is 1.14. The van der Waals surface area contributed by atoms with Crippen molar-refractivity contribution in [1.29, 1.82) is 0 Å². The van der Waals surface area contributed by atoms with Gasteiger partial charge in [-0.25, -0.2) is 4.39 Å². The van der Waals surface area contributed by atoms with Gasteiger partial charge >= 0.3 is 0 Å². The third-order valence-corrected chi connectivity index (χ3v) is 3.91. The molecule has 2 N–H and O–H groups in total. The van der Waals surface area contributed by atoms with Gasteiger partial charge in [-0.15, -0.1) is 11.3 Å². The molecule has 1 atom stereocenters. The van der Waals surface area contributed by atoms with Crippen molar-refractivity contribution in [2.24, 2.45) is 5.73 Å². The van der Waals surface area contributed by atoms with Crippen molar-refractivity contribution in [2.75, 3.05) is 0 Å². The fraction of sp³-hybridized carbons (Fsp3) is 0.231. The number of hydrogen-bond acceptors (Lipinski definition) is 2. The zero-order valence-corrected chi connectivity index (χ0v) is 11.0. The molecule has 1 unspecified atom stereocenters. The van der Waals surface area contributed by atoms with Crippen LogP contribution in [0.3, 0.4) is 0 Å². The molecule has 0 spiro atoms. The zero-order chi connectivity index (χ0) is 12.4.